The van der Waals surface area contributed by atoms with Gasteiger partial charge in [0.25, 0.3) is 0 Å². The molecule has 0 aliphatic heterocycles. The van der Waals surface area contributed by atoms with Crippen molar-refractivity contribution < 1.29 is 5.11 Å². The smallest absolute Gasteiger partial charge is 0.116 e. The molecule has 0 saturated heterocycles. The highest BCUT2D eigenvalue weighted by Crippen LogP contribution is 2.34. The average molecular weight is 328 g/mol. The fourth-order valence-corrected chi connectivity index (χ4v) is 2.86. The zero-order valence-corrected chi connectivity index (χ0v) is 13.3. The van der Waals surface area contributed by atoms with Gasteiger partial charge in [0.05, 0.1) is 6.20 Å². The molecule has 23 heavy (non-hydrogen) atoms. The summed E-state index contributed by atoms with van der Waals surface area (Å²) in [5, 5.41) is 18.6. The van der Waals surface area contributed by atoms with Crippen LogP contribution in [0.4, 0.5) is 0 Å². The van der Waals surface area contributed by atoms with Crippen LogP contribution in [-0.4, -0.2) is 21.8 Å². The van der Waals surface area contributed by atoms with E-state index in [-0.39, 0.29) is 0 Å². The van der Waals surface area contributed by atoms with Crippen molar-refractivity contribution in [2.45, 2.75) is 12.0 Å². The second-order valence-electron chi connectivity index (χ2n) is 5.47. The van der Waals surface area contributed by atoms with E-state index in [1.807, 2.05) is 42.6 Å². The molecule has 0 amide bonds. The van der Waals surface area contributed by atoms with E-state index in [2.05, 4.69) is 10.2 Å². The van der Waals surface area contributed by atoms with Crippen molar-refractivity contribution in [2.75, 3.05) is 6.54 Å². The summed E-state index contributed by atoms with van der Waals surface area (Å²) in [6.07, 6.45) is 4.03. The van der Waals surface area contributed by atoms with Crippen LogP contribution in [0.2, 0.25) is 5.02 Å². The number of hydrogen-bond acceptors (Lipinski definition) is 3. The first kappa shape index (κ1) is 15.7. The van der Waals surface area contributed by atoms with E-state index in [9.17, 15) is 5.11 Å². The fourth-order valence-electron chi connectivity index (χ4n) is 2.74. The first-order valence-corrected chi connectivity index (χ1v) is 7.79. The van der Waals surface area contributed by atoms with E-state index in [1.165, 1.54) is 0 Å². The number of nitrogens with one attached hydrogen (secondary N) is 1. The van der Waals surface area contributed by atoms with Gasteiger partial charge in [-0.1, -0.05) is 48.0 Å². The zero-order chi connectivity index (χ0) is 16.3. The number of hydrogen-bond donors (Lipinski definition) is 3. The second-order valence-corrected chi connectivity index (χ2v) is 5.91. The normalized spacial score (nSPS) is 13.7. The third-order valence-electron chi connectivity index (χ3n) is 4.02. The van der Waals surface area contributed by atoms with E-state index < -0.39 is 5.60 Å². The molecule has 0 saturated carbocycles. The van der Waals surface area contributed by atoms with Crippen LogP contribution in [0, 0.1) is 0 Å². The molecule has 1 heterocycles. The molecule has 0 spiro atoms. The van der Waals surface area contributed by atoms with Crippen LogP contribution in [0.15, 0.2) is 60.9 Å². The number of benzene rings is 2. The minimum Gasteiger partial charge on any atom is -0.380 e. The van der Waals surface area contributed by atoms with Gasteiger partial charge in [-0.05, 0) is 41.8 Å². The van der Waals surface area contributed by atoms with Gasteiger partial charge >= 0.3 is 0 Å². The third-order valence-corrected chi connectivity index (χ3v) is 4.27. The van der Waals surface area contributed by atoms with Crippen LogP contribution in [0.5, 0.6) is 0 Å². The lowest BCUT2D eigenvalue weighted by molar-refractivity contribution is 0.0737. The summed E-state index contributed by atoms with van der Waals surface area (Å²) in [6.45, 7) is 0.378. The monoisotopic (exact) mass is 327 g/mol. The van der Waals surface area contributed by atoms with E-state index in [0.29, 0.717) is 18.0 Å². The SMILES string of the molecule is NCC[C@](O)(c1ccc(Cl)cc1)c1ccc(-c2cn[nH]c2)cc1. The van der Waals surface area contributed by atoms with Crippen LogP contribution in [-0.2, 0) is 5.60 Å². The first-order chi connectivity index (χ1) is 11.1. The highest BCUT2D eigenvalue weighted by atomic mass is 35.5. The number of aromatic amines is 1. The van der Waals surface area contributed by atoms with E-state index in [1.54, 1.807) is 18.3 Å². The van der Waals surface area contributed by atoms with Crippen molar-refractivity contribution in [1.82, 2.24) is 10.2 Å². The maximum Gasteiger partial charge on any atom is 0.116 e. The van der Waals surface area contributed by atoms with Gasteiger partial charge in [0, 0.05) is 16.8 Å². The summed E-state index contributed by atoms with van der Waals surface area (Å²) in [6, 6.07) is 15.0. The maximum absolute atomic E-state index is 11.2. The van der Waals surface area contributed by atoms with Crippen LogP contribution in [0.3, 0.4) is 0 Å². The summed E-state index contributed by atoms with van der Waals surface area (Å²) >= 11 is 5.95. The van der Waals surface area contributed by atoms with Crippen molar-refractivity contribution in [3.05, 3.63) is 77.1 Å². The van der Waals surface area contributed by atoms with Crippen LogP contribution >= 0.6 is 11.6 Å². The Morgan fingerprint density at radius 2 is 1.61 bits per heavy atom. The first-order valence-electron chi connectivity index (χ1n) is 7.41. The summed E-state index contributed by atoms with van der Waals surface area (Å²) in [7, 11) is 0. The molecule has 118 valence electrons. The molecule has 2 aromatic carbocycles. The van der Waals surface area contributed by atoms with Gasteiger partial charge in [-0.15, -0.1) is 0 Å². The summed E-state index contributed by atoms with van der Waals surface area (Å²) in [4.78, 5) is 0. The Morgan fingerprint density at radius 3 is 2.13 bits per heavy atom. The summed E-state index contributed by atoms with van der Waals surface area (Å²) in [5.74, 6) is 0. The van der Waals surface area contributed by atoms with Crippen LogP contribution < -0.4 is 5.73 Å². The highest BCUT2D eigenvalue weighted by Gasteiger charge is 2.30. The van der Waals surface area contributed by atoms with Crippen molar-refractivity contribution in [3.63, 3.8) is 0 Å². The lowest BCUT2D eigenvalue weighted by atomic mass is 9.83. The number of halogens is 1. The van der Waals surface area contributed by atoms with E-state index >= 15 is 0 Å². The fraction of sp³-hybridized carbons (Fsp3) is 0.167. The standard InChI is InChI=1S/C18H18ClN3O/c19-17-7-5-16(6-8-17)18(23,9-10-20)15-3-1-13(2-4-15)14-11-21-22-12-14/h1-8,11-12,23H,9-10,20H2,(H,21,22)/t18-/m1/s1. The quantitative estimate of drug-likeness (QED) is 0.673. The minimum atomic E-state index is -1.13. The van der Waals surface area contributed by atoms with Gasteiger partial charge < -0.3 is 10.8 Å². The molecule has 4 N–H and O–H groups in total. The predicted octanol–water partition coefficient (Wildman–Crippen LogP) is 3.31. The number of H-pyrrole nitrogens is 1. The Balaban J connectivity index is 1.99. The molecule has 1 atom stereocenters. The van der Waals surface area contributed by atoms with Gasteiger partial charge in [0.15, 0.2) is 0 Å². The van der Waals surface area contributed by atoms with E-state index in [0.717, 1.165) is 22.3 Å². The molecule has 0 bridgehead atoms. The van der Waals surface area contributed by atoms with Crippen LogP contribution in [0.1, 0.15) is 17.5 Å². The van der Waals surface area contributed by atoms with Gasteiger partial charge in [-0.2, -0.15) is 5.10 Å². The van der Waals surface area contributed by atoms with Gasteiger partial charge in [-0.3, -0.25) is 5.10 Å². The Bertz CT molecular complexity index is 754. The molecule has 0 fully saturated rings. The number of aliphatic hydroxyl groups is 1. The van der Waals surface area contributed by atoms with Gasteiger partial charge in [0.1, 0.15) is 5.60 Å². The number of nitrogens with two attached hydrogens (primary N) is 1. The molecule has 0 aliphatic rings. The molecule has 0 aliphatic carbocycles. The minimum absolute atomic E-state index is 0.378. The van der Waals surface area contributed by atoms with Crippen molar-refractivity contribution >= 4 is 11.6 Å². The number of rotatable bonds is 5. The lowest BCUT2D eigenvalue weighted by Gasteiger charge is -2.29. The van der Waals surface area contributed by atoms with Crippen LogP contribution in [0.25, 0.3) is 11.1 Å². The molecule has 5 heteroatoms. The molecule has 4 nitrogen and oxygen atoms in total. The van der Waals surface area contributed by atoms with Crippen molar-refractivity contribution in [1.29, 1.82) is 0 Å². The maximum atomic E-state index is 11.2. The average Bonchev–Trinajstić information content (AvgIpc) is 3.10. The zero-order valence-electron chi connectivity index (χ0n) is 12.5. The highest BCUT2D eigenvalue weighted by molar-refractivity contribution is 6.30. The number of aromatic nitrogens is 2. The van der Waals surface area contributed by atoms with Crippen molar-refractivity contribution in [3.8, 4) is 11.1 Å². The predicted molar refractivity (Wildman–Crippen MR) is 92.1 cm³/mol. The molecule has 1 aromatic heterocycles. The molecule has 0 unspecified atom stereocenters. The van der Waals surface area contributed by atoms with Gasteiger partial charge in [-0.25, -0.2) is 0 Å². The molecule has 0 radical (unpaired) electrons. The number of nitrogens with zero attached hydrogens (tertiary/aromatic N) is 1. The Labute approximate surface area is 139 Å². The molecule has 3 rings (SSSR count). The lowest BCUT2D eigenvalue weighted by Crippen LogP contribution is -2.30. The van der Waals surface area contributed by atoms with Crippen molar-refractivity contribution in [2.24, 2.45) is 5.73 Å². The largest absolute Gasteiger partial charge is 0.380 e. The van der Waals surface area contributed by atoms with E-state index in [4.69, 9.17) is 17.3 Å². The molecule has 3 aromatic rings. The Hall–Kier alpha value is -2.14. The third kappa shape index (κ3) is 3.15. The summed E-state index contributed by atoms with van der Waals surface area (Å²) in [5.41, 5.74) is 8.22. The second kappa shape index (κ2) is 6.54. The van der Waals surface area contributed by atoms with Gasteiger partial charge in [0.2, 0.25) is 0 Å². The molecular formula is C18H18ClN3O. The topological polar surface area (TPSA) is 74.9 Å². The summed E-state index contributed by atoms with van der Waals surface area (Å²) < 4.78 is 0. The Kier molecular flexibility index (Phi) is 4.48. The Morgan fingerprint density at radius 1 is 1.00 bits per heavy atom. The molecular weight excluding hydrogens is 310 g/mol.